The summed E-state index contributed by atoms with van der Waals surface area (Å²) < 4.78 is 1.57. The molecule has 1 aromatic carbocycles. The van der Waals surface area contributed by atoms with E-state index in [2.05, 4.69) is 11.2 Å². The third-order valence-electron chi connectivity index (χ3n) is 3.26. The number of anilines is 2. The monoisotopic (exact) mass is 285 g/mol. The van der Waals surface area contributed by atoms with Gasteiger partial charge >= 0.3 is 5.69 Å². The molecule has 21 heavy (non-hydrogen) atoms. The molecule has 7 nitrogen and oxygen atoms in total. The minimum Gasteiger partial charge on any atom is -0.323 e. The van der Waals surface area contributed by atoms with Crippen LogP contribution in [0.25, 0.3) is 0 Å². The van der Waals surface area contributed by atoms with Crippen LogP contribution in [0.3, 0.4) is 0 Å². The molecule has 0 aliphatic carbocycles. The second-order valence-corrected chi connectivity index (χ2v) is 4.52. The minimum absolute atomic E-state index is 0.0351. The molecule has 2 aromatic rings. The van der Waals surface area contributed by atoms with Crippen molar-refractivity contribution in [2.45, 2.75) is 20.4 Å². The number of para-hydroxylation sites is 1. The highest BCUT2D eigenvalue weighted by molar-refractivity contribution is 5.73. The number of hydrogen-bond donors (Lipinski definition) is 0. The van der Waals surface area contributed by atoms with Crippen LogP contribution in [0, 0.1) is 28.4 Å². The van der Waals surface area contributed by atoms with Gasteiger partial charge in [0.05, 0.1) is 16.2 Å². The van der Waals surface area contributed by atoms with E-state index in [0.717, 1.165) is 0 Å². The summed E-state index contributed by atoms with van der Waals surface area (Å²) in [6.07, 6.45) is 0. The van der Waals surface area contributed by atoms with Gasteiger partial charge in [-0.2, -0.15) is 10.4 Å². The summed E-state index contributed by atoms with van der Waals surface area (Å²) in [4.78, 5) is 12.5. The fraction of sp³-hybridized carbons (Fsp3) is 0.286. The van der Waals surface area contributed by atoms with E-state index < -0.39 is 4.92 Å². The Morgan fingerprint density at radius 2 is 2.14 bits per heavy atom. The molecule has 0 aliphatic heterocycles. The smallest absolute Gasteiger partial charge is 0.323 e. The first-order valence-electron chi connectivity index (χ1n) is 6.45. The summed E-state index contributed by atoms with van der Waals surface area (Å²) in [5.41, 5.74) is 1.39. The fourth-order valence-electron chi connectivity index (χ4n) is 2.30. The molecule has 0 fully saturated rings. The summed E-state index contributed by atoms with van der Waals surface area (Å²) in [5, 5.41) is 24.7. The van der Waals surface area contributed by atoms with E-state index in [1.807, 2.05) is 6.92 Å². The average Bonchev–Trinajstić information content (AvgIpc) is 2.83. The van der Waals surface area contributed by atoms with Crippen LogP contribution in [0.4, 0.5) is 17.2 Å². The molecule has 0 N–H and O–H groups in total. The third-order valence-corrected chi connectivity index (χ3v) is 3.26. The van der Waals surface area contributed by atoms with Gasteiger partial charge < -0.3 is 4.90 Å². The zero-order chi connectivity index (χ0) is 15.6. The maximum absolute atomic E-state index is 11.3. The van der Waals surface area contributed by atoms with Crippen LogP contribution in [0.5, 0.6) is 0 Å². The molecule has 7 heteroatoms. The Labute approximate surface area is 122 Å². The normalized spacial score (nSPS) is 10.2. The van der Waals surface area contributed by atoms with Crippen molar-refractivity contribution in [3.8, 4) is 6.07 Å². The maximum Gasteiger partial charge on any atom is 0.334 e. The SMILES string of the molecule is CCn1nc(C)c([N+](=O)[O-])c1N(C)c1ccccc1C#N. The molecule has 0 saturated heterocycles. The van der Waals surface area contributed by atoms with E-state index >= 15 is 0 Å². The zero-order valence-corrected chi connectivity index (χ0v) is 12.1. The van der Waals surface area contributed by atoms with Gasteiger partial charge in [-0.05, 0) is 26.0 Å². The van der Waals surface area contributed by atoms with Gasteiger partial charge in [0, 0.05) is 13.6 Å². The molecule has 0 unspecified atom stereocenters. The molecule has 0 radical (unpaired) electrons. The summed E-state index contributed by atoms with van der Waals surface area (Å²) in [6.45, 7) is 3.98. The molecule has 0 saturated carbocycles. The van der Waals surface area contributed by atoms with Crippen LogP contribution in [-0.4, -0.2) is 21.8 Å². The summed E-state index contributed by atoms with van der Waals surface area (Å²) >= 11 is 0. The first-order valence-corrected chi connectivity index (χ1v) is 6.45. The van der Waals surface area contributed by atoms with Crippen molar-refractivity contribution in [2.75, 3.05) is 11.9 Å². The van der Waals surface area contributed by atoms with E-state index in [-0.39, 0.29) is 5.69 Å². The summed E-state index contributed by atoms with van der Waals surface area (Å²) in [7, 11) is 1.70. The minimum atomic E-state index is -0.435. The van der Waals surface area contributed by atoms with Crippen LogP contribution in [0.1, 0.15) is 18.2 Å². The van der Waals surface area contributed by atoms with E-state index in [4.69, 9.17) is 0 Å². The second kappa shape index (κ2) is 5.63. The number of aromatic nitrogens is 2. The van der Waals surface area contributed by atoms with Crippen molar-refractivity contribution in [3.63, 3.8) is 0 Å². The Balaban J connectivity index is 2.66. The van der Waals surface area contributed by atoms with Gasteiger partial charge in [-0.25, -0.2) is 4.68 Å². The third kappa shape index (κ3) is 2.43. The number of nitro groups is 1. The lowest BCUT2D eigenvalue weighted by Gasteiger charge is -2.20. The highest BCUT2D eigenvalue weighted by atomic mass is 16.6. The topological polar surface area (TPSA) is 88.0 Å². The molecule has 0 bridgehead atoms. The Morgan fingerprint density at radius 3 is 2.71 bits per heavy atom. The highest BCUT2D eigenvalue weighted by Gasteiger charge is 2.28. The van der Waals surface area contributed by atoms with E-state index in [9.17, 15) is 15.4 Å². The first-order chi connectivity index (χ1) is 10.0. The van der Waals surface area contributed by atoms with Gasteiger partial charge in [-0.3, -0.25) is 10.1 Å². The lowest BCUT2D eigenvalue weighted by atomic mass is 10.2. The Kier molecular flexibility index (Phi) is 3.89. The van der Waals surface area contributed by atoms with E-state index in [1.165, 1.54) is 0 Å². The van der Waals surface area contributed by atoms with Crippen molar-refractivity contribution in [2.24, 2.45) is 0 Å². The van der Waals surface area contributed by atoms with Crippen LogP contribution in [0.15, 0.2) is 24.3 Å². The van der Waals surface area contributed by atoms with Gasteiger partial charge in [-0.1, -0.05) is 12.1 Å². The Morgan fingerprint density at radius 1 is 1.48 bits per heavy atom. The predicted molar refractivity (Wildman–Crippen MR) is 78.5 cm³/mol. The van der Waals surface area contributed by atoms with E-state index in [0.29, 0.717) is 29.3 Å². The van der Waals surface area contributed by atoms with Crippen molar-refractivity contribution in [1.29, 1.82) is 5.26 Å². The summed E-state index contributed by atoms with van der Waals surface area (Å²) in [5.74, 6) is 0.377. The number of nitriles is 1. The Hall–Kier alpha value is -2.88. The second-order valence-electron chi connectivity index (χ2n) is 4.52. The van der Waals surface area contributed by atoms with Gasteiger partial charge in [0.15, 0.2) is 0 Å². The average molecular weight is 285 g/mol. The highest BCUT2D eigenvalue weighted by Crippen LogP contribution is 2.36. The molecule has 1 aromatic heterocycles. The number of aryl methyl sites for hydroxylation is 2. The van der Waals surface area contributed by atoms with Crippen LogP contribution in [0.2, 0.25) is 0 Å². The van der Waals surface area contributed by atoms with Gasteiger partial charge in [0.2, 0.25) is 5.82 Å². The van der Waals surface area contributed by atoms with Crippen molar-refractivity contribution < 1.29 is 4.92 Å². The molecule has 0 aliphatic rings. The molecule has 2 rings (SSSR count). The zero-order valence-electron chi connectivity index (χ0n) is 12.1. The largest absolute Gasteiger partial charge is 0.334 e. The fourth-order valence-corrected chi connectivity index (χ4v) is 2.30. The van der Waals surface area contributed by atoms with Crippen molar-refractivity contribution in [3.05, 3.63) is 45.6 Å². The van der Waals surface area contributed by atoms with Crippen LogP contribution in [-0.2, 0) is 6.54 Å². The lowest BCUT2D eigenvalue weighted by Crippen LogP contribution is -2.17. The van der Waals surface area contributed by atoms with Crippen molar-refractivity contribution in [1.82, 2.24) is 9.78 Å². The van der Waals surface area contributed by atoms with Crippen LogP contribution < -0.4 is 4.90 Å². The Bertz CT molecular complexity index is 729. The molecular formula is C14H15N5O2. The van der Waals surface area contributed by atoms with Gasteiger partial charge in [-0.15, -0.1) is 0 Å². The van der Waals surface area contributed by atoms with Crippen molar-refractivity contribution >= 4 is 17.2 Å². The molecule has 0 atom stereocenters. The standard InChI is InChI=1S/C14H15N5O2/c1-4-18-14(13(19(20)21)10(2)16-18)17(3)12-8-6-5-7-11(12)9-15/h5-8H,4H2,1-3H3. The lowest BCUT2D eigenvalue weighted by molar-refractivity contribution is -0.384. The van der Waals surface area contributed by atoms with Gasteiger partial charge in [0.1, 0.15) is 11.8 Å². The number of nitrogens with zero attached hydrogens (tertiary/aromatic N) is 5. The van der Waals surface area contributed by atoms with Gasteiger partial charge in [0.25, 0.3) is 0 Å². The molecular weight excluding hydrogens is 270 g/mol. The number of rotatable bonds is 4. The maximum atomic E-state index is 11.3. The summed E-state index contributed by atoms with van der Waals surface area (Å²) in [6, 6.07) is 9.08. The van der Waals surface area contributed by atoms with Crippen LogP contribution >= 0.6 is 0 Å². The first kappa shape index (κ1) is 14.5. The van der Waals surface area contributed by atoms with E-state index in [1.54, 1.807) is 47.8 Å². The molecule has 108 valence electrons. The number of benzene rings is 1. The molecule has 1 heterocycles. The number of hydrogen-bond acceptors (Lipinski definition) is 5. The molecule has 0 amide bonds. The molecule has 0 spiro atoms. The quantitative estimate of drug-likeness (QED) is 0.636. The predicted octanol–water partition coefficient (Wildman–Crippen LogP) is 2.76.